The molecule has 2 aromatic heterocycles. The van der Waals surface area contributed by atoms with E-state index in [1.54, 1.807) is 24.4 Å². The molecule has 0 spiro atoms. The van der Waals surface area contributed by atoms with Crippen molar-refractivity contribution in [3.63, 3.8) is 0 Å². The van der Waals surface area contributed by atoms with E-state index in [9.17, 15) is 4.79 Å². The zero-order chi connectivity index (χ0) is 16.9. The molecule has 0 unspecified atom stereocenters. The van der Waals surface area contributed by atoms with Crippen LogP contribution in [-0.2, 0) is 4.79 Å². The van der Waals surface area contributed by atoms with E-state index in [2.05, 4.69) is 15.3 Å². The number of anilines is 1. The molecule has 0 bridgehead atoms. The fourth-order valence-corrected chi connectivity index (χ4v) is 2.81. The second-order valence-corrected chi connectivity index (χ2v) is 6.27. The van der Waals surface area contributed by atoms with Crippen molar-refractivity contribution in [3.05, 3.63) is 58.6 Å². The lowest BCUT2D eigenvalue weighted by Crippen LogP contribution is -2.20. The third-order valence-corrected chi connectivity index (χ3v) is 4.36. The van der Waals surface area contributed by atoms with Gasteiger partial charge in [-0.3, -0.25) is 15.1 Å². The van der Waals surface area contributed by atoms with Crippen LogP contribution in [0.3, 0.4) is 0 Å². The highest BCUT2D eigenvalue weighted by Gasteiger charge is 2.09. The van der Waals surface area contributed by atoms with Gasteiger partial charge in [0.1, 0.15) is 11.4 Å². The normalized spacial score (nSPS) is 10.4. The number of nitrogens with zero attached hydrogens (tertiary/aromatic N) is 2. The number of benzene rings is 1. The van der Waals surface area contributed by atoms with Crippen LogP contribution in [0, 0.1) is 6.92 Å². The lowest BCUT2D eigenvalue weighted by molar-refractivity contribution is -0.118. The average Bonchev–Trinajstić information content (AvgIpc) is 3.05. The number of nitrogens with one attached hydrogen (secondary N) is 1. The molecule has 5 nitrogen and oxygen atoms in total. The molecule has 2 heterocycles. The van der Waals surface area contributed by atoms with Crippen molar-refractivity contribution in [2.24, 2.45) is 0 Å². The zero-order valence-electron chi connectivity index (χ0n) is 12.8. The third kappa shape index (κ3) is 4.10. The first-order chi connectivity index (χ1) is 11.6. The van der Waals surface area contributed by atoms with Crippen LogP contribution in [0.5, 0.6) is 5.75 Å². The largest absolute Gasteiger partial charge is 0.484 e. The predicted molar refractivity (Wildman–Crippen MR) is 95.7 cm³/mol. The van der Waals surface area contributed by atoms with Gasteiger partial charge in [-0.2, -0.15) is 0 Å². The van der Waals surface area contributed by atoms with Gasteiger partial charge in [0.15, 0.2) is 11.7 Å². The Balaban J connectivity index is 1.57. The number of thiazole rings is 1. The highest BCUT2D eigenvalue weighted by atomic mass is 35.5. The van der Waals surface area contributed by atoms with E-state index in [0.717, 1.165) is 17.0 Å². The standard InChI is InChI=1S/C17H14ClN3O2S/c1-11-8-12(5-6-13(11)18)23-9-16(22)21-17-20-15(10-24-17)14-4-2-3-7-19-14/h2-8,10H,9H2,1H3,(H,20,21,22). The van der Waals surface area contributed by atoms with E-state index in [1.807, 2.05) is 30.5 Å². The number of halogens is 1. The third-order valence-electron chi connectivity index (χ3n) is 3.18. The molecule has 122 valence electrons. The Kier molecular flexibility index (Phi) is 5.08. The van der Waals surface area contributed by atoms with Crippen LogP contribution in [0.2, 0.25) is 5.02 Å². The maximum atomic E-state index is 12.0. The van der Waals surface area contributed by atoms with Crippen molar-refractivity contribution in [2.45, 2.75) is 6.92 Å². The number of rotatable bonds is 5. The summed E-state index contributed by atoms with van der Waals surface area (Å²) in [6.07, 6.45) is 1.70. The summed E-state index contributed by atoms with van der Waals surface area (Å²) >= 11 is 7.30. The molecule has 0 saturated heterocycles. The number of carbonyl (C=O) groups is 1. The van der Waals surface area contributed by atoms with Gasteiger partial charge < -0.3 is 4.74 Å². The number of hydrogen-bond acceptors (Lipinski definition) is 5. The molecule has 0 radical (unpaired) electrons. The summed E-state index contributed by atoms with van der Waals surface area (Å²) in [4.78, 5) is 20.6. The van der Waals surface area contributed by atoms with Crippen LogP contribution >= 0.6 is 22.9 Å². The quantitative estimate of drug-likeness (QED) is 0.742. The molecule has 0 fully saturated rings. The van der Waals surface area contributed by atoms with Gasteiger partial charge in [-0.05, 0) is 42.8 Å². The fraction of sp³-hybridized carbons (Fsp3) is 0.118. The molecular formula is C17H14ClN3O2S. The van der Waals surface area contributed by atoms with E-state index in [1.165, 1.54) is 11.3 Å². The van der Waals surface area contributed by atoms with Gasteiger partial charge in [-0.15, -0.1) is 11.3 Å². The van der Waals surface area contributed by atoms with Crippen molar-refractivity contribution < 1.29 is 9.53 Å². The van der Waals surface area contributed by atoms with Crippen molar-refractivity contribution in [1.82, 2.24) is 9.97 Å². The van der Waals surface area contributed by atoms with E-state index in [4.69, 9.17) is 16.3 Å². The Morgan fingerprint density at radius 2 is 2.17 bits per heavy atom. The van der Waals surface area contributed by atoms with Gasteiger partial charge in [0.05, 0.1) is 5.69 Å². The molecule has 1 amide bonds. The van der Waals surface area contributed by atoms with E-state index < -0.39 is 0 Å². The molecule has 1 N–H and O–H groups in total. The first-order valence-corrected chi connectivity index (χ1v) is 8.43. The van der Waals surface area contributed by atoms with Gasteiger partial charge in [0.25, 0.3) is 5.91 Å². The first kappa shape index (κ1) is 16.4. The molecule has 7 heteroatoms. The van der Waals surface area contributed by atoms with Crippen molar-refractivity contribution in [3.8, 4) is 17.1 Å². The summed E-state index contributed by atoms with van der Waals surface area (Å²) in [5.41, 5.74) is 2.39. The van der Waals surface area contributed by atoms with Crippen LogP contribution in [0.4, 0.5) is 5.13 Å². The monoisotopic (exact) mass is 359 g/mol. The maximum Gasteiger partial charge on any atom is 0.264 e. The van der Waals surface area contributed by atoms with Crippen LogP contribution in [0.25, 0.3) is 11.4 Å². The van der Waals surface area contributed by atoms with Crippen LogP contribution < -0.4 is 10.1 Å². The Labute approximate surface area is 148 Å². The molecule has 0 aliphatic rings. The van der Waals surface area contributed by atoms with Gasteiger partial charge >= 0.3 is 0 Å². The number of ether oxygens (including phenoxy) is 1. The minimum atomic E-state index is -0.274. The minimum Gasteiger partial charge on any atom is -0.484 e. The van der Waals surface area contributed by atoms with Gasteiger partial charge in [-0.1, -0.05) is 17.7 Å². The summed E-state index contributed by atoms with van der Waals surface area (Å²) < 4.78 is 5.46. The molecule has 3 aromatic rings. The highest BCUT2D eigenvalue weighted by molar-refractivity contribution is 7.14. The lowest BCUT2D eigenvalue weighted by Gasteiger charge is -2.07. The minimum absolute atomic E-state index is 0.0976. The molecule has 24 heavy (non-hydrogen) atoms. The maximum absolute atomic E-state index is 12.0. The first-order valence-electron chi connectivity index (χ1n) is 7.17. The molecule has 0 saturated carbocycles. The number of carbonyl (C=O) groups excluding carboxylic acids is 1. The van der Waals surface area contributed by atoms with E-state index >= 15 is 0 Å². The number of amides is 1. The highest BCUT2D eigenvalue weighted by Crippen LogP contribution is 2.23. The Hall–Kier alpha value is -2.44. The van der Waals surface area contributed by atoms with Gasteiger partial charge in [0, 0.05) is 16.6 Å². The second-order valence-electron chi connectivity index (χ2n) is 5.00. The zero-order valence-corrected chi connectivity index (χ0v) is 14.4. The SMILES string of the molecule is Cc1cc(OCC(=O)Nc2nc(-c3ccccn3)cs2)ccc1Cl. The number of hydrogen-bond donors (Lipinski definition) is 1. The van der Waals surface area contributed by atoms with Crippen LogP contribution in [0.15, 0.2) is 48.0 Å². The Bertz CT molecular complexity index is 852. The smallest absolute Gasteiger partial charge is 0.264 e. The van der Waals surface area contributed by atoms with Crippen LogP contribution in [0.1, 0.15) is 5.56 Å². The van der Waals surface area contributed by atoms with Crippen molar-refractivity contribution >= 4 is 34.0 Å². The van der Waals surface area contributed by atoms with Crippen molar-refractivity contribution in [1.29, 1.82) is 0 Å². The molecule has 0 atom stereocenters. The summed E-state index contributed by atoms with van der Waals surface area (Å²) in [6, 6.07) is 10.9. The predicted octanol–water partition coefficient (Wildman–Crippen LogP) is 4.18. The van der Waals surface area contributed by atoms with Gasteiger partial charge in [-0.25, -0.2) is 4.98 Å². The summed E-state index contributed by atoms with van der Waals surface area (Å²) in [5.74, 6) is 0.324. The van der Waals surface area contributed by atoms with Gasteiger partial charge in [0.2, 0.25) is 0 Å². The fourth-order valence-electron chi connectivity index (χ4n) is 1.97. The topological polar surface area (TPSA) is 64.1 Å². The molecule has 0 aliphatic heterocycles. The second kappa shape index (κ2) is 7.42. The summed E-state index contributed by atoms with van der Waals surface area (Å²) in [6.45, 7) is 1.78. The lowest BCUT2D eigenvalue weighted by atomic mass is 10.2. The Morgan fingerprint density at radius 3 is 2.92 bits per heavy atom. The number of aromatic nitrogens is 2. The Morgan fingerprint density at radius 1 is 1.29 bits per heavy atom. The molecule has 1 aromatic carbocycles. The van der Waals surface area contributed by atoms with Crippen molar-refractivity contribution in [2.75, 3.05) is 11.9 Å². The summed E-state index contributed by atoms with van der Waals surface area (Å²) in [5, 5.41) is 5.74. The van der Waals surface area contributed by atoms with E-state index in [0.29, 0.717) is 15.9 Å². The number of aryl methyl sites for hydroxylation is 1. The summed E-state index contributed by atoms with van der Waals surface area (Å²) in [7, 11) is 0. The molecular weight excluding hydrogens is 346 g/mol. The van der Waals surface area contributed by atoms with E-state index in [-0.39, 0.29) is 12.5 Å². The molecule has 3 rings (SSSR count). The van der Waals surface area contributed by atoms with Crippen LogP contribution in [-0.4, -0.2) is 22.5 Å². The number of pyridine rings is 1. The average molecular weight is 360 g/mol. The molecule has 0 aliphatic carbocycles.